The molecule has 74 valence electrons. The molecule has 0 fully saturated rings. The monoisotopic (exact) mass is 190 g/mol. The van der Waals surface area contributed by atoms with Gasteiger partial charge in [0.25, 0.3) is 0 Å². The first-order valence-electron chi connectivity index (χ1n) is 4.82. The number of nitrogens with zero attached hydrogens (tertiary/aromatic N) is 1. The molecule has 0 atom stereocenters. The summed E-state index contributed by atoms with van der Waals surface area (Å²) in [6, 6.07) is 5.91. The molecule has 0 unspecified atom stereocenters. The molecule has 1 heterocycles. The lowest BCUT2D eigenvalue weighted by Gasteiger charge is -2.08. The Bertz CT molecular complexity index is 420. The molecule has 0 bridgehead atoms. The SMILES string of the molecule is CC(C)COc1cccc2[nH]cnc12. The molecule has 0 radical (unpaired) electrons. The van der Waals surface area contributed by atoms with Crippen molar-refractivity contribution in [2.24, 2.45) is 5.92 Å². The largest absolute Gasteiger partial charge is 0.491 e. The number of para-hydroxylation sites is 1. The average molecular weight is 190 g/mol. The minimum atomic E-state index is 0.532. The predicted octanol–water partition coefficient (Wildman–Crippen LogP) is 2.60. The number of hydrogen-bond acceptors (Lipinski definition) is 2. The van der Waals surface area contributed by atoms with Crippen LogP contribution in [-0.4, -0.2) is 16.6 Å². The van der Waals surface area contributed by atoms with Crippen molar-refractivity contribution in [3.05, 3.63) is 24.5 Å². The van der Waals surface area contributed by atoms with Gasteiger partial charge in [0.15, 0.2) is 0 Å². The molecule has 1 aromatic carbocycles. The summed E-state index contributed by atoms with van der Waals surface area (Å²) < 4.78 is 5.66. The van der Waals surface area contributed by atoms with Crippen LogP contribution in [0.4, 0.5) is 0 Å². The van der Waals surface area contributed by atoms with Gasteiger partial charge in [-0.2, -0.15) is 0 Å². The summed E-state index contributed by atoms with van der Waals surface area (Å²) in [6.07, 6.45) is 1.69. The van der Waals surface area contributed by atoms with E-state index in [2.05, 4.69) is 23.8 Å². The Morgan fingerprint density at radius 1 is 1.43 bits per heavy atom. The first-order valence-corrected chi connectivity index (χ1v) is 4.82. The fraction of sp³-hybridized carbons (Fsp3) is 0.364. The fourth-order valence-electron chi connectivity index (χ4n) is 1.31. The van der Waals surface area contributed by atoms with Crippen LogP contribution in [0.3, 0.4) is 0 Å². The molecule has 2 rings (SSSR count). The van der Waals surface area contributed by atoms with E-state index in [0.717, 1.165) is 23.4 Å². The van der Waals surface area contributed by atoms with Crippen LogP contribution >= 0.6 is 0 Å². The molecular weight excluding hydrogens is 176 g/mol. The third-order valence-electron chi connectivity index (χ3n) is 1.98. The van der Waals surface area contributed by atoms with Crippen LogP contribution in [0.25, 0.3) is 11.0 Å². The zero-order valence-corrected chi connectivity index (χ0v) is 8.45. The number of aromatic nitrogens is 2. The van der Waals surface area contributed by atoms with E-state index in [1.807, 2.05) is 18.2 Å². The number of ether oxygens (including phenoxy) is 1. The van der Waals surface area contributed by atoms with Gasteiger partial charge in [-0.3, -0.25) is 0 Å². The van der Waals surface area contributed by atoms with Crippen LogP contribution in [0.15, 0.2) is 24.5 Å². The summed E-state index contributed by atoms with van der Waals surface area (Å²) in [5.74, 6) is 1.39. The first kappa shape index (κ1) is 9.06. The van der Waals surface area contributed by atoms with Gasteiger partial charge in [-0.05, 0) is 18.1 Å². The molecule has 0 saturated heterocycles. The number of nitrogens with one attached hydrogen (secondary N) is 1. The van der Waals surface area contributed by atoms with Crippen LogP contribution < -0.4 is 4.74 Å². The number of rotatable bonds is 3. The van der Waals surface area contributed by atoms with E-state index >= 15 is 0 Å². The third-order valence-corrected chi connectivity index (χ3v) is 1.98. The van der Waals surface area contributed by atoms with Crippen LogP contribution in [-0.2, 0) is 0 Å². The molecule has 14 heavy (non-hydrogen) atoms. The van der Waals surface area contributed by atoms with E-state index in [0.29, 0.717) is 5.92 Å². The molecular formula is C11H14N2O. The molecule has 3 heteroatoms. The van der Waals surface area contributed by atoms with Crippen LogP contribution in [0.5, 0.6) is 5.75 Å². The molecule has 0 aliphatic rings. The third kappa shape index (κ3) is 1.71. The van der Waals surface area contributed by atoms with Gasteiger partial charge in [-0.1, -0.05) is 19.9 Å². The first-order chi connectivity index (χ1) is 6.77. The highest BCUT2D eigenvalue weighted by molar-refractivity contribution is 5.80. The van der Waals surface area contributed by atoms with Crippen molar-refractivity contribution in [1.29, 1.82) is 0 Å². The predicted molar refractivity (Wildman–Crippen MR) is 56.4 cm³/mol. The Morgan fingerprint density at radius 3 is 3.07 bits per heavy atom. The van der Waals surface area contributed by atoms with Crippen LogP contribution in [0.2, 0.25) is 0 Å². The van der Waals surface area contributed by atoms with Crippen molar-refractivity contribution in [2.75, 3.05) is 6.61 Å². The van der Waals surface area contributed by atoms with Gasteiger partial charge < -0.3 is 9.72 Å². The van der Waals surface area contributed by atoms with Gasteiger partial charge in [-0.15, -0.1) is 0 Å². The Balaban J connectivity index is 2.27. The Kier molecular flexibility index (Phi) is 2.39. The Hall–Kier alpha value is -1.51. The topological polar surface area (TPSA) is 37.9 Å². The van der Waals surface area contributed by atoms with Crippen molar-refractivity contribution in [2.45, 2.75) is 13.8 Å². The quantitative estimate of drug-likeness (QED) is 0.807. The number of aromatic amines is 1. The molecule has 0 spiro atoms. The van der Waals surface area contributed by atoms with E-state index in [-0.39, 0.29) is 0 Å². The van der Waals surface area contributed by atoms with Gasteiger partial charge in [0.2, 0.25) is 0 Å². The highest BCUT2D eigenvalue weighted by Crippen LogP contribution is 2.22. The van der Waals surface area contributed by atoms with Crippen molar-refractivity contribution < 1.29 is 4.74 Å². The second-order valence-corrected chi connectivity index (χ2v) is 3.76. The Labute approximate surface area is 83.1 Å². The minimum absolute atomic E-state index is 0.532. The molecule has 0 saturated carbocycles. The molecule has 1 aromatic heterocycles. The minimum Gasteiger partial charge on any atom is -0.491 e. The zero-order chi connectivity index (χ0) is 9.97. The van der Waals surface area contributed by atoms with Gasteiger partial charge in [0.05, 0.1) is 18.5 Å². The highest BCUT2D eigenvalue weighted by Gasteiger charge is 2.04. The lowest BCUT2D eigenvalue weighted by atomic mass is 10.2. The molecule has 2 aromatic rings. The van der Waals surface area contributed by atoms with Gasteiger partial charge in [0, 0.05) is 0 Å². The maximum Gasteiger partial charge on any atom is 0.147 e. The molecule has 0 aliphatic carbocycles. The molecule has 1 N–H and O–H groups in total. The number of H-pyrrole nitrogens is 1. The van der Waals surface area contributed by atoms with E-state index < -0.39 is 0 Å². The second-order valence-electron chi connectivity index (χ2n) is 3.76. The zero-order valence-electron chi connectivity index (χ0n) is 8.45. The normalized spacial score (nSPS) is 11.1. The van der Waals surface area contributed by atoms with Crippen LogP contribution in [0, 0.1) is 5.92 Å². The van der Waals surface area contributed by atoms with Gasteiger partial charge in [0.1, 0.15) is 11.3 Å². The maximum atomic E-state index is 5.66. The van der Waals surface area contributed by atoms with Gasteiger partial charge >= 0.3 is 0 Å². The van der Waals surface area contributed by atoms with Crippen molar-refractivity contribution in [3.63, 3.8) is 0 Å². The summed E-state index contributed by atoms with van der Waals surface area (Å²) in [6.45, 7) is 4.99. The number of imidazole rings is 1. The fourth-order valence-corrected chi connectivity index (χ4v) is 1.31. The van der Waals surface area contributed by atoms with E-state index in [1.54, 1.807) is 6.33 Å². The second kappa shape index (κ2) is 3.70. The number of fused-ring (bicyclic) bond motifs is 1. The van der Waals surface area contributed by atoms with E-state index in [9.17, 15) is 0 Å². The number of hydrogen-bond donors (Lipinski definition) is 1. The maximum absolute atomic E-state index is 5.66. The summed E-state index contributed by atoms with van der Waals surface area (Å²) in [5, 5.41) is 0. The lowest BCUT2D eigenvalue weighted by Crippen LogP contribution is -2.04. The standard InChI is InChI=1S/C11H14N2O/c1-8(2)6-14-10-5-3-4-9-11(10)13-7-12-9/h3-5,7-8H,6H2,1-2H3,(H,12,13). The molecule has 0 amide bonds. The lowest BCUT2D eigenvalue weighted by molar-refractivity contribution is 0.273. The summed E-state index contributed by atoms with van der Waals surface area (Å²) in [5.41, 5.74) is 1.93. The van der Waals surface area contributed by atoms with Crippen LogP contribution in [0.1, 0.15) is 13.8 Å². The highest BCUT2D eigenvalue weighted by atomic mass is 16.5. The molecule has 0 aliphatic heterocycles. The van der Waals surface area contributed by atoms with Crippen molar-refractivity contribution >= 4 is 11.0 Å². The molecule has 3 nitrogen and oxygen atoms in total. The van der Waals surface area contributed by atoms with E-state index in [4.69, 9.17) is 4.74 Å². The Morgan fingerprint density at radius 2 is 2.29 bits per heavy atom. The number of benzene rings is 1. The summed E-state index contributed by atoms with van der Waals surface area (Å²) in [4.78, 5) is 7.27. The van der Waals surface area contributed by atoms with E-state index in [1.165, 1.54) is 0 Å². The summed E-state index contributed by atoms with van der Waals surface area (Å²) >= 11 is 0. The smallest absolute Gasteiger partial charge is 0.147 e. The van der Waals surface area contributed by atoms with Crippen molar-refractivity contribution in [1.82, 2.24) is 9.97 Å². The van der Waals surface area contributed by atoms with Gasteiger partial charge in [-0.25, -0.2) is 4.98 Å². The van der Waals surface area contributed by atoms with Crippen molar-refractivity contribution in [3.8, 4) is 5.75 Å². The summed E-state index contributed by atoms with van der Waals surface area (Å²) in [7, 11) is 0. The average Bonchev–Trinajstić information content (AvgIpc) is 2.62.